The quantitative estimate of drug-likeness (QED) is 0.546. The fourth-order valence-corrected chi connectivity index (χ4v) is 3.61. The van der Waals surface area contributed by atoms with Crippen molar-refractivity contribution in [2.75, 3.05) is 11.5 Å². The first kappa shape index (κ1) is 8.60. The first-order valence-electron chi connectivity index (χ1n) is 3.67. The fraction of sp³-hybridized carbons (Fsp3) is 1.00. The van der Waals surface area contributed by atoms with E-state index >= 15 is 0 Å². The summed E-state index contributed by atoms with van der Waals surface area (Å²) in [7, 11) is 0.268. The molecule has 0 radical (unpaired) electrons. The van der Waals surface area contributed by atoms with Gasteiger partial charge in [0.25, 0.3) is 0 Å². The third kappa shape index (κ3) is 2.27. The second-order valence-electron chi connectivity index (χ2n) is 3.66. The molecule has 1 atom stereocenters. The third-order valence-corrected chi connectivity index (χ3v) is 4.70. The van der Waals surface area contributed by atoms with E-state index in [1.807, 2.05) is 0 Å². The summed E-state index contributed by atoms with van der Waals surface area (Å²) in [6.45, 7) is 4.65. The molecule has 1 heterocycles. The molecule has 0 saturated carbocycles. The van der Waals surface area contributed by atoms with Crippen LogP contribution in [0.25, 0.3) is 0 Å². The van der Waals surface area contributed by atoms with Gasteiger partial charge in [0.2, 0.25) is 0 Å². The molecule has 3 heteroatoms. The van der Waals surface area contributed by atoms with E-state index in [1.54, 1.807) is 0 Å². The molecule has 1 fully saturated rings. The van der Waals surface area contributed by atoms with Gasteiger partial charge in [0.15, 0.2) is 0 Å². The Hall–Kier alpha value is 0.500. The molecule has 1 nitrogen and oxygen atoms in total. The molecule has 0 aromatic rings. The van der Waals surface area contributed by atoms with Gasteiger partial charge < -0.3 is 0 Å². The topological polar surface area (TPSA) is 12.4 Å². The second kappa shape index (κ2) is 3.26. The summed E-state index contributed by atoms with van der Waals surface area (Å²) in [6, 6.07) is 0. The lowest BCUT2D eigenvalue weighted by atomic mass is 9.90. The molecule has 1 aliphatic rings. The number of thiol groups is 1. The van der Waals surface area contributed by atoms with Crippen molar-refractivity contribution in [3.63, 3.8) is 0 Å². The highest BCUT2D eigenvalue weighted by atomic mass is 32.2. The Morgan fingerprint density at radius 2 is 2.20 bits per heavy atom. The molecule has 0 N–H and O–H groups in total. The highest BCUT2D eigenvalue weighted by Crippen LogP contribution is 2.29. The zero-order chi connectivity index (χ0) is 7.61. The van der Waals surface area contributed by atoms with Crippen LogP contribution in [0.4, 0.5) is 0 Å². The Kier molecular flexibility index (Phi) is 2.81. The van der Waals surface area contributed by atoms with Crippen LogP contribution in [0.5, 0.6) is 0 Å². The maximum Gasteiger partial charge on any atom is 0.0102 e. The van der Waals surface area contributed by atoms with Crippen molar-refractivity contribution in [2.24, 2.45) is 9.18 Å². The number of rotatable bonds is 0. The number of hydrogen-bond acceptors (Lipinski definition) is 1. The minimum absolute atomic E-state index is 0.268. The van der Waals surface area contributed by atoms with Crippen LogP contribution in [0.15, 0.2) is 3.77 Å². The maximum atomic E-state index is 4.07. The van der Waals surface area contributed by atoms with E-state index in [0.717, 1.165) is 0 Å². The molecule has 10 heavy (non-hydrogen) atoms. The summed E-state index contributed by atoms with van der Waals surface area (Å²) in [6.07, 6.45) is 2.69. The van der Waals surface area contributed by atoms with Gasteiger partial charge in [-0.05, 0) is 31.1 Å². The van der Waals surface area contributed by atoms with Crippen molar-refractivity contribution in [3.8, 4) is 0 Å². The molecule has 0 aliphatic carbocycles. The number of hydrogen-bond donors (Lipinski definition) is 1. The molecular weight excluding hydrogens is 162 g/mol. The van der Waals surface area contributed by atoms with Gasteiger partial charge >= 0.3 is 0 Å². The molecular formula is C7H15NS2. The van der Waals surface area contributed by atoms with Gasteiger partial charge in [-0.25, -0.2) is 0 Å². The second-order valence-corrected chi connectivity index (χ2v) is 5.93. The fourth-order valence-electron chi connectivity index (χ4n) is 1.38. The standard InChI is InChI=1S/C7H15NS2/c1-7(2)4-3-5-10(6-7)8-9/h9H,3-6H2,1-2H3. The molecule has 1 unspecified atom stereocenters. The van der Waals surface area contributed by atoms with Gasteiger partial charge in [0, 0.05) is 11.5 Å². The van der Waals surface area contributed by atoms with Crippen molar-refractivity contribution < 1.29 is 0 Å². The largest absolute Gasteiger partial charge is 0.199 e. The van der Waals surface area contributed by atoms with Gasteiger partial charge in [-0.15, -0.1) is 0 Å². The van der Waals surface area contributed by atoms with Crippen LogP contribution < -0.4 is 0 Å². The minimum Gasteiger partial charge on any atom is -0.199 e. The van der Waals surface area contributed by atoms with E-state index in [2.05, 4.69) is 30.4 Å². The summed E-state index contributed by atoms with van der Waals surface area (Å²) >= 11 is 3.98. The molecule has 1 saturated heterocycles. The molecule has 0 bridgehead atoms. The Balaban J connectivity index is 2.56. The third-order valence-electron chi connectivity index (χ3n) is 1.91. The van der Waals surface area contributed by atoms with Crippen molar-refractivity contribution >= 4 is 23.5 Å². The predicted molar refractivity (Wildman–Crippen MR) is 51.5 cm³/mol. The van der Waals surface area contributed by atoms with Crippen molar-refractivity contribution in [3.05, 3.63) is 0 Å². The van der Waals surface area contributed by atoms with E-state index in [-0.39, 0.29) is 10.7 Å². The normalized spacial score (nSPS) is 32.5. The molecule has 0 spiro atoms. The van der Waals surface area contributed by atoms with Gasteiger partial charge in [-0.3, -0.25) is 0 Å². The summed E-state index contributed by atoms with van der Waals surface area (Å²) in [4.78, 5) is 0. The Bertz CT molecular complexity index is 152. The van der Waals surface area contributed by atoms with Crippen LogP contribution in [-0.4, -0.2) is 11.5 Å². The van der Waals surface area contributed by atoms with Gasteiger partial charge in [0.1, 0.15) is 0 Å². The van der Waals surface area contributed by atoms with Crippen molar-refractivity contribution in [1.82, 2.24) is 0 Å². The molecule has 1 aliphatic heterocycles. The lowest BCUT2D eigenvalue weighted by Crippen LogP contribution is -2.26. The first-order chi connectivity index (χ1) is 4.64. The zero-order valence-corrected chi connectivity index (χ0v) is 8.34. The summed E-state index contributed by atoms with van der Waals surface area (Å²) < 4.78 is 4.07. The Labute approximate surface area is 71.2 Å². The monoisotopic (exact) mass is 177 g/mol. The SMILES string of the molecule is CC1(C)CCC/S(=N/S)C1. The van der Waals surface area contributed by atoms with Crippen molar-refractivity contribution in [2.45, 2.75) is 26.7 Å². The van der Waals surface area contributed by atoms with Gasteiger partial charge in [-0.2, -0.15) is 3.77 Å². The van der Waals surface area contributed by atoms with Crippen LogP contribution in [0.2, 0.25) is 0 Å². The molecule has 0 aromatic carbocycles. The van der Waals surface area contributed by atoms with Crippen LogP contribution in [0.1, 0.15) is 26.7 Å². The minimum atomic E-state index is 0.268. The van der Waals surface area contributed by atoms with Crippen LogP contribution in [-0.2, 0) is 10.7 Å². The van der Waals surface area contributed by atoms with E-state index in [0.29, 0.717) is 5.41 Å². The smallest absolute Gasteiger partial charge is 0.0102 e. The van der Waals surface area contributed by atoms with E-state index in [4.69, 9.17) is 0 Å². The van der Waals surface area contributed by atoms with E-state index in [9.17, 15) is 0 Å². The average molecular weight is 177 g/mol. The summed E-state index contributed by atoms with van der Waals surface area (Å²) in [5.41, 5.74) is 0.521. The zero-order valence-electron chi connectivity index (χ0n) is 6.63. The van der Waals surface area contributed by atoms with Crippen molar-refractivity contribution in [1.29, 1.82) is 0 Å². The van der Waals surface area contributed by atoms with Gasteiger partial charge in [0.05, 0.1) is 0 Å². The lowest BCUT2D eigenvalue weighted by Gasteiger charge is -2.30. The maximum absolute atomic E-state index is 4.07. The first-order valence-corrected chi connectivity index (χ1v) is 5.59. The highest BCUT2D eigenvalue weighted by molar-refractivity contribution is 7.95. The van der Waals surface area contributed by atoms with Crippen LogP contribution >= 0.6 is 12.8 Å². The Morgan fingerprint density at radius 3 is 2.60 bits per heavy atom. The van der Waals surface area contributed by atoms with Crippen LogP contribution in [0.3, 0.4) is 0 Å². The molecule has 60 valence electrons. The van der Waals surface area contributed by atoms with Gasteiger partial charge in [-0.1, -0.05) is 24.5 Å². The summed E-state index contributed by atoms with van der Waals surface area (Å²) in [5, 5.41) is 0. The molecule has 0 aromatic heterocycles. The van der Waals surface area contributed by atoms with Crippen LogP contribution in [0, 0.1) is 5.41 Å². The van der Waals surface area contributed by atoms with E-state index < -0.39 is 0 Å². The average Bonchev–Trinajstić information content (AvgIpc) is 1.86. The predicted octanol–water partition coefficient (Wildman–Crippen LogP) is 2.45. The summed E-state index contributed by atoms with van der Waals surface area (Å²) in [5.74, 6) is 2.52. The molecule has 0 amide bonds. The highest BCUT2D eigenvalue weighted by Gasteiger charge is 2.23. The molecule has 1 rings (SSSR count). The lowest BCUT2D eigenvalue weighted by molar-refractivity contribution is 0.372. The van der Waals surface area contributed by atoms with E-state index in [1.165, 1.54) is 24.3 Å². The number of nitrogens with zero attached hydrogens (tertiary/aromatic N) is 1. The Morgan fingerprint density at radius 1 is 1.50 bits per heavy atom.